The van der Waals surface area contributed by atoms with Gasteiger partial charge in [0, 0.05) is 20.3 Å². The number of hydrogen-bond acceptors (Lipinski definition) is 6. The van der Waals surface area contributed by atoms with Crippen LogP contribution in [0.25, 0.3) is 0 Å². The van der Waals surface area contributed by atoms with E-state index in [1.807, 2.05) is 12.1 Å². The molecule has 0 amide bonds. The summed E-state index contributed by atoms with van der Waals surface area (Å²) in [5, 5.41) is 0. The minimum atomic E-state index is -0.539. The minimum Gasteiger partial charge on any atom is -0.493 e. The lowest BCUT2D eigenvalue weighted by Crippen LogP contribution is -2.37. The minimum absolute atomic E-state index is 0.0219. The molecule has 2 aromatic rings. The zero-order valence-corrected chi connectivity index (χ0v) is 15.8. The van der Waals surface area contributed by atoms with Crippen LogP contribution in [0.1, 0.15) is 31.2 Å². The van der Waals surface area contributed by atoms with Gasteiger partial charge in [0.25, 0.3) is 5.56 Å². The molecule has 0 radical (unpaired) electrons. The highest BCUT2D eigenvalue weighted by molar-refractivity contribution is 5.84. The smallest absolute Gasteiger partial charge is 0.332 e. The maximum absolute atomic E-state index is 12.3. The van der Waals surface area contributed by atoms with Crippen molar-refractivity contribution in [2.45, 2.75) is 31.8 Å². The molecule has 0 aliphatic heterocycles. The maximum atomic E-state index is 12.3. The second kappa shape index (κ2) is 7.69. The van der Waals surface area contributed by atoms with E-state index in [9.17, 15) is 9.59 Å². The van der Waals surface area contributed by atoms with Crippen LogP contribution in [0.4, 0.5) is 11.5 Å². The third kappa shape index (κ3) is 3.74. The average Bonchev–Trinajstić information content (AvgIpc) is 3.18. The van der Waals surface area contributed by atoms with E-state index in [4.69, 9.17) is 15.2 Å². The quantitative estimate of drug-likeness (QED) is 0.806. The lowest BCUT2D eigenvalue weighted by atomic mass is 10.2. The second-order valence-electron chi connectivity index (χ2n) is 6.63. The van der Waals surface area contributed by atoms with Crippen LogP contribution < -0.4 is 26.5 Å². The third-order valence-electron chi connectivity index (χ3n) is 4.81. The first kappa shape index (κ1) is 18.8. The molecule has 1 aliphatic rings. The predicted octanol–water partition coefficient (Wildman–Crippen LogP) is 1.75. The molecule has 144 valence electrons. The monoisotopic (exact) mass is 372 g/mol. The highest BCUT2D eigenvalue weighted by Gasteiger charge is 2.18. The fourth-order valence-electron chi connectivity index (χ4n) is 3.15. The standard InChI is InChI=1S/C19H24N4O4/c1-22-17(20)16(18(24)23(2)19(22)25)21-11-12-8-9-14(26-3)15(10-12)27-13-6-4-5-7-13/h8-11,13H,4-7,20H2,1-3H3. The number of nitrogens with two attached hydrogens (primary N) is 1. The number of methoxy groups -OCH3 is 1. The Morgan fingerprint density at radius 1 is 1.15 bits per heavy atom. The summed E-state index contributed by atoms with van der Waals surface area (Å²) in [7, 11) is 4.49. The summed E-state index contributed by atoms with van der Waals surface area (Å²) in [6, 6.07) is 5.43. The number of nitrogen functional groups attached to an aromatic ring is 1. The van der Waals surface area contributed by atoms with Gasteiger partial charge in [-0.1, -0.05) is 0 Å². The van der Waals surface area contributed by atoms with Gasteiger partial charge in [-0.05, 0) is 49.4 Å². The summed E-state index contributed by atoms with van der Waals surface area (Å²) >= 11 is 0. The van der Waals surface area contributed by atoms with E-state index in [2.05, 4.69) is 4.99 Å². The first-order valence-corrected chi connectivity index (χ1v) is 8.86. The van der Waals surface area contributed by atoms with Crippen LogP contribution in [-0.2, 0) is 14.1 Å². The molecule has 1 aliphatic carbocycles. The summed E-state index contributed by atoms with van der Waals surface area (Å²) in [6.07, 6.45) is 6.13. The lowest BCUT2D eigenvalue weighted by molar-refractivity contribution is 0.201. The molecule has 0 bridgehead atoms. The van der Waals surface area contributed by atoms with E-state index in [-0.39, 0.29) is 17.6 Å². The SMILES string of the molecule is COc1ccc(C=Nc2c(N)n(C)c(=O)n(C)c2=O)cc1OC1CCCC1. The Bertz CT molecular complexity index is 984. The Hall–Kier alpha value is -3.03. The van der Waals surface area contributed by atoms with Gasteiger partial charge in [0.05, 0.1) is 13.2 Å². The maximum Gasteiger partial charge on any atom is 0.332 e. The van der Waals surface area contributed by atoms with Gasteiger partial charge in [0.15, 0.2) is 17.2 Å². The molecule has 1 aromatic heterocycles. The van der Waals surface area contributed by atoms with Crippen LogP contribution in [-0.4, -0.2) is 28.6 Å². The summed E-state index contributed by atoms with van der Waals surface area (Å²) in [5.74, 6) is 1.32. The molecule has 1 saturated carbocycles. The van der Waals surface area contributed by atoms with Gasteiger partial charge in [-0.25, -0.2) is 9.79 Å². The van der Waals surface area contributed by atoms with E-state index in [1.165, 1.54) is 37.7 Å². The Balaban J connectivity index is 1.94. The lowest BCUT2D eigenvalue weighted by Gasteiger charge is -2.16. The van der Waals surface area contributed by atoms with Gasteiger partial charge in [-0.2, -0.15) is 0 Å². The van der Waals surface area contributed by atoms with Crippen LogP contribution in [0.3, 0.4) is 0 Å². The van der Waals surface area contributed by atoms with Crippen molar-refractivity contribution in [3.63, 3.8) is 0 Å². The van der Waals surface area contributed by atoms with Crippen molar-refractivity contribution in [1.29, 1.82) is 0 Å². The van der Waals surface area contributed by atoms with E-state index < -0.39 is 11.2 Å². The van der Waals surface area contributed by atoms with Gasteiger partial charge in [-0.15, -0.1) is 0 Å². The number of anilines is 1. The highest BCUT2D eigenvalue weighted by atomic mass is 16.5. The number of hydrogen-bond donors (Lipinski definition) is 1. The van der Waals surface area contributed by atoms with Gasteiger partial charge in [-0.3, -0.25) is 13.9 Å². The molecule has 1 heterocycles. The van der Waals surface area contributed by atoms with Gasteiger partial charge in [0.2, 0.25) is 0 Å². The molecule has 1 fully saturated rings. The molecular weight excluding hydrogens is 348 g/mol. The highest BCUT2D eigenvalue weighted by Crippen LogP contribution is 2.32. The Morgan fingerprint density at radius 2 is 1.85 bits per heavy atom. The molecule has 0 saturated heterocycles. The summed E-state index contributed by atoms with van der Waals surface area (Å²) in [6.45, 7) is 0. The van der Waals surface area contributed by atoms with Gasteiger partial charge in [0.1, 0.15) is 5.82 Å². The van der Waals surface area contributed by atoms with Gasteiger partial charge < -0.3 is 15.2 Å². The normalized spacial score (nSPS) is 14.8. The van der Waals surface area contributed by atoms with E-state index in [1.54, 1.807) is 13.2 Å². The molecule has 8 heteroatoms. The van der Waals surface area contributed by atoms with Gasteiger partial charge >= 0.3 is 5.69 Å². The molecule has 8 nitrogen and oxygen atoms in total. The average molecular weight is 372 g/mol. The molecule has 1 aromatic carbocycles. The van der Waals surface area contributed by atoms with Crippen molar-refractivity contribution in [1.82, 2.24) is 9.13 Å². The van der Waals surface area contributed by atoms with Crippen molar-refractivity contribution >= 4 is 17.7 Å². The summed E-state index contributed by atoms with van der Waals surface area (Å²) < 4.78 is 13.6. The van der Waals surface area contributed by atoms with Crippen LogP contribution in [0.15, 0.2) is 32.8 Å². The van der Waals surface area contributed by atoms with E-state index >= 15 is 0 Å². The Kier molecular flexibility index (Phi) is 5.34. The molecule has 2 N–H and O–H groups in total. The fourth-order valence-corrected chi connectivity index (χ4v) is 3.15. The topological polar surface area (TPSA) is 101 Å². The predicted molar refractivity (Wildman–Crippen MR) is 104 cm³/mol. The van der Waals surface area contributed by atoms with Crippen molar-refractivity contribution < 1.29 is 9.47 Å². The number of aromatic nitrogens is 2. The fraction of sp³-hybridized carbons (Fsp3) is 0.421. The summed E-state index contributed by atoms with van der Waals surface area (Å²) in [5.41, 5.74) is 5.62. The molecule has 27 heavy (non-hydrogen) atoms. The largest absolute Gasteiger partial charge is 0.493 e. The first-order valence-electron chi connectivity index (χ1n) is 8.86. The number of rotatable bonds is 5. The molecule has 0 atom stereocenters. The van der Waals surface area contributed by atoms with Crippen LogP contribution >= 0.6 is 0 Å². The molecule has 0 unspecified atom stereocenters. The van der Waals surface area contributed by atoms with Crippen LogP contribution in [0.5, 0.6) is 11.5 Å². The molecular formula is C19H24N4O4. The third-order valence-corrected chi connectivity index (χ3v) is 4.81. The number of benzene rings is 1. The van der Waals surface area contributed by atoms with Crippen LogP contribution in [0.2, 0.25) is 0 Å². The van der Waals surface area contributed by atoms with Crippen molar-refractivity contribution in [2.75, 3.05) is 12.8 Å². The van der Waals surface area contributed by atoms with E-state index in [0.29, 0.717) is 11.5 Å². The number of aliphatic imine (C=N–C) groups is 1. The van der Waals surface area contributed by atoms with Crippen molar-refractivity contribution in [3.05, 3.63) is 44.6 Å². The number of ether oxygens (including phenoxy) is 2. The zero-order chi connectivity index (χ0) is 19.6. The van der Waals surface area contributed by atoms with Crippen LogP contribution in [0, 0.1) is 0 Å². The summed E-state index contributed by atoms with van der Waals surface area (Å²) in [4.78, 5) is 28.4. The Labute approximate surface area is 156 Å². The van der Waals surface area contributed by atoms with Crippen molar-refractivity contribution in [2.24, 2.45) is 19.1 Å². The number of nitrogens with zero attached hydrogens (tertiary/aromatic N) is 3. The molecule has 3 rings (SSSR count). The van der Waals surface area contributed by atoms with Crippen molar-refractivity contribution in [3.8, 4) is 11.5 Å². The first-order chi connectivity index (χ1) is 12.9. The Morgan fingerprint density at radius 3 is 2.52 bits per heavy atom. The molecule has 0 spiro atoms. The second-order valence-corrected chi connectivity index (χ2v) is 6.63. The zero-order valence-electron chi connectivity index (χ0n) is 15.8. The van der Waals surface area contributed by atoms with E-state index in [0.717, 1.165) is 23.0 Å².